The first-order chi connectivity index (χ1) is 7.99. The van der Waals surface area contributed by atoms with Crippen LogP contribution in [-0.4, -0.2) is 17.3 Å². The highest BCUT2D eigenvalue weighted by molar-refractivity contribution is 6.18. The lowest BCUT2D eigenvalue weighted by Gasteiger charge is -2.44. The van der Waals surface area contributed by atoms with E-state index in [1.54, 1.807) is 0 Å². The molecule has 17 heavy (non-hydrogen) atoms. The molecule has 2 aliphatic carbocycles. The van der Waals surface area contributed by atoms with Crippen molar-refractivity contribution >= 4 is 17.5 Å². The van der Waals surface area contributed by atoms with Gasteiger partial charge in [0.25, 0.3) is 0 Å². The van der Waals surface area contributed by atoms with Crippen molar-refractivity contribution in [2.75, 3.05) is 5.88 Å². The van der Waals surface area contributed by atoms with E-state index in [4.69, 9.17) is 11.6 Å². The molecule has 0 saturated heterocycles. The average molecular weight is 258 g/mol. The molecule has 2 rings (SSSR count). The topological polar surface area (TPSA) is 29.1 Å². The van der Waals surface area contributed by atoms with Crippen molar-refractivity contribution in [3.8, 4) is 0 Å². The first kappa shape index (κ1) is 13.2. The minimum Gasteiger partial charge on any atom is -0.349 e. The van der Waals surface area contributed by atoms with Gasteiger partial charge in [-0.05, 0) is 37.5 Å². The Hall–Kier alpha value is -0.240. The van der Waals surface area contributed by atoms with Crippen molar-refractivity contribution in [2.45, 2.75) is 64.3 Å². The molecule has 2 fully saturated rings. The van der Waals surface area contributed by atoms with Gasteiger partial charge in [-0.1, -0.05) is 26.7 Å². The monoisotopic (exact) mass is 257 g/mol. The number of hydrogen-bond donors (Lipinski definition) is 1. The van der Waals surface area contributed by atoms with Gasteiger partial charge in [0.05, 0.1) is 5.54 Å². The van der Waals surface area contributed by atoms with Crippen LogP contribution in [0.1, 0.15) is 58.8 Å². The van der Waals surface area contributed by atoms with Crippen LogP contribution in [0.5, 0.6) is 0 Å². The third kappa shape index (κ3) is 2.62. The summed E-state index contributed by atoms with van der Waals surface area (Å²) >= 11 is 6.00. The van der Waals surface area contributed by atoms with Crippen LogP contribution in [-0.2, 0) is 4.79 Å². The molecule has 0 radical (unpaired) electrons. The maximum absolute atomic E-state index is 12.4. The van der Waals surface area contributed by atoms with E-state index in [1.807, 2.05) is 0 Å². The van der Waals surface area contributed by atoms with Gasteiger partial charge in [-0.3, -0.25) is 4.79 Å². The largest absolute Gasteiger partial charge is 0.349 e. The second-order valence-electron chi connectivity index (χ2n) is 6.54. The number of amides is 1. The summed E-state index contributed by atoms with van der Waals surface area (Å²) in [5.74, 6) is 0.985. The van der Waals surface area contributed by atoms with Crippen molar-refractivity contribution in [1.82, 2.24) is 5.32 Å². The fourth-order valence-corrected chi connectivity index (χ4v) is 3.56. The zero-order chi connectivity index (χ0) is 12.5. The molecular formula is C14H24ClNO. The number of hydrogen-bond acceptors (Lipinski definition) is 1. The van der Waals surface area contributed by atoms with E-state index in [-0.39, 0.29) is 22.8 Å². The second kappa shape index (κ2) is 4.79. The van der Waals surface area contributed by atoms with Crippen LogP contribution in [0.25, 0.3) is 0 Å². The molecule has 0 heterocycles. The van der Waals surface area contributed by atoms with Gasteiger partial charge in [0, 0.05) is 11.8 Å². The number of carbonyl (C=O) groups is 1. The molecule has 98 valence electrons. The minimum absolute atomic E-state index is 0.0772. The van der Waals surface area contributed by atoms with Gasteiger partial charge in [0.15, 0.2) is 0 Å². The normalized spacial score (nSPS) is 30.4. The van der Waals surface area contributed by atoms with Crippen LogP contribution in [0.15, 0.2) is 0 Å². The lowest BCUT2D eigenvalue weighted by atomic mass is 9.68. The predicted octanol–water partition coefficient (Wildman–Crippen LogP) is 3.48. The van der Waals surface area contributed by atoms with E-state index in [0.717, 1.165) is 19.3 Å². The Labute approximate surface area is 109 Å². The SMILES string of the molecule is CC1(C)CCCCC1C(=O)NC1(CCl)CCC1. The van der Waals surface area contributed by atoms with E-state index in [0.29, 0.717) is 5.88 Å². The molecule has 0 aromatic heterocycles. The van der Waals surface area contributed by atoms with E-state index in [1.165, 1.54) is 25.7 Å². The highest BCUT2D eigenvalue weighted by atomic mass is 35.5. The zero-order valence-corrected chi connectivity index (χ0v) is 11.8. The Balaban J connectivity index is 1.99. The molecule has 2 saturated carbocycles. The van der Waals surface area contributed by atoms with Crippen LogP contribution in [0.3, 0.4) is 0 Å². The van der Waals surface area contributed by atoms with Gasteiger partial charge in [-0.25, -0.2) is 0 Å². The Kier molecular flexibility index (Phi) is 3.72. The highest BCUT2D eigenvalue weighted by Crippen LogP contribution is 2.42. The first-order valence-electron chi connectivity index (χ1n) is 6.87. The van der Waals surface area contributed by atoms with Crippen LogP contribution < -0.4 is 5.32 Å². The van der Waals surface area contributed by atoms with Gasteiger partial charge >= 0.3 is 0 Å². The third-order valence-corrected chi connectivity index (χ3v) is 5.29. The maximum Gasteiger partial charge on any atom is 0.224 e. The van der Waals surface area contributed by atoms with Gasteiger partial charge < -0.3 is 5.32 Å². The first-order valence-corrected chi connectivity index (χ1v) is 7.41. The molecule has 0 bridgehead atoms. The zero-order valence-electron chi connectivity index (χ0n) is 11.0. The van der Waals surface area contributed by atoms with E-state index < -0.39 is 0 Å². The van der Waals surface area contributed by atoms with E-state index >= 15 is 0 Å². The molecular weight excluding hydrogens is 234 g/mol. The minimum atomic E-state index is -0.0772. The molecule has 3 heteroatoms. The second-order valence-corrected chi connectivity index (χ2v) is 6.81. The molecule has 0 aliphatic heterocycles. The maximum atomic E-state index is 12.4. The number of carbonyl (C=O) groups excluding carboxylic acids is 1. The lowest BCUT2D eigenvalue weighted by molar-refractivity contribution is -0.133. The molecule has 1 unspecified atom stereocenters. The summed E-state index contributed by atoms with van der Waals surface area (Å²) in [5, 5.41) is 3.23. The summed E-state index contributed by atoms with van der Waals surface area (Å²) in [5.41, 5.74) is 0.0751. The van der Waals surface area contributed by atoms with Crippen LogP contribution in [0.4, 0.5) is 0 Å². The predicted molar refractivity (Wildman–Crippen MR) is 71.2 cm³/mol. The smallest absolute Gasteiger partial charge is 0.224 e. The van der Waals surface area contributed by atoms with Crippen LogP contribution in [0.2, 0.25) is 0 Å². The lowest BCUT2D eigenvalue weighted by Crippen LogP contribution is -2.57. The Morgan fingerprint density at radius 1 is 1.24 bits per heavy atom. The number of alkyl halides is 1. The fraction of sp³-hybridized carbons (Fsp3) is 0.929. The van der Waals surface area contributed by atoms with Crippen molar-refractivity contribution in [1.29, 1.82) is 0 Å². The molecule has 2 aliphatic rings. The van der Waals surface area contributed by atoms with Gasteiger partial charge in [0.2, 0.25) is 5.91 Å². The van der Waals surface area contributed by atoms with Crippen LogP contribution in [0, 0.1) is 11.3 Å². The summed E-state index contributed by atoms with van der Waals surface area (Å²) < 4.78 is 0. The molecule has 2 nitrogen and oxygen atoms in total. The summed E-state index contributed by atoms with van der Waals surface area (Å²) in [7, 11) is 0. The van der Waals surface area contributed by atoms with Crippen LogP contribution >= 0.6 is 11.6 Å². The summed E-state index contributed by atoms with van der Waals surface area (Å²) in [6.07, 6.45) is 7.95. The molecule has 0 aromatic rings. The van der Waals surface area contributed by atoms with E-state index in [9.17, 15) is 4.79 Å². The number of nitrogens with one attached hydrogen (secondary N) is 1. The number of halogens is 1. The Morgan fingerprint density at radius 3 is 2.41 bits per heavy atom. The summed E-state index contributed by atoms with van der Waals surface area (Å²) in [6, 6.07) is 0. The Bertz CT molecular complexity index is 291. The molecule has 0 aromatic carbocycles. The van der Waals surface area contributed by atoms with Crippen molar-refractivity contribution < 1.29 is 4.79 Å². The van der Waals surface area contributed by atoms with Gasteiger partial charge in [0.1, 0.15) is 0 Å². The fourth-order valence-electron chi connectivity index (χ4n) is 3.22. The summed E-state index contributed by atoms with van der Waals surface area (Å²) in [6.45, 7) is 4.45. The summed E-state index contributed by atoms with van der Waals surface area (Å²) in [4.78, 5) is 12.4. The Morgan fingerprint density at radius 2 is 1.94 bits per heavy atom. The quantitative estimate of drug-likeness (QED) is 0.771. The van der Waals surface area contributed by atoms with Gasteiger partial charge in [-0.15, -0.1) is 11.6 Å². The van der Waals surface area contributed by atoms with Crippen molar-refractivity contribution in [3.05, 3.63) is 0 Å². The molecule has 0 spiro atoms. The standard InChI is InChI=1S/C14H24ClNO/c1-13(2)7-4-3-6-11(13)12(17)16-14(10-15)8-5-9-14/h11H,3-10H2,1-2H3,(H,16,17). The third-order valence-electron chi connectivity index (χ3n) is 4.78. The average Bonchev–Trinajstić information content (AvgIpc) is 2.22. The van der Waals surface area contributed by atoms with Crippen molar-refractivity contribution in [2.24, 2.45) is 11.3 Å². The molecule has 1 N–H and O–H groups in total. The highest BCUT2D eigenvalue weighted by Gasteiger charge is 2.42. The molecule has 1 atom stereocenters. The van der Waals surface area contributed by atoms with Crippen molar-refractivity contribution in [3.63, 3.8) is 0 Å². The molecule has 1 amide bonds. The van der Waals surface area contributed by atoms with E-state index in [2.05, 4.69) is 19.2 Å². The number of rotatable bonds is 3. The van der Waals surface area contributed by atoms with Gasteiger partial charge in [-0.2, -0.15) is 0 Å².